The van der Waals surface area contributed by atoms with Crippen molar-refractivity contribution in [1.82, 2.24) is 14.2 Å². The largest absolute Gasteiger partial charge is 0.439 e. The van der Waals surface area contributed by atoms with E-state index in [0.717, 1.165) is 16.7 Å². The minimum atomic E-state index is -3.72. The summed E-state index contributed by atoms with van der Waals surface area (Å²) in [6.07, 6.45) is 0. The van der Waals surface area contributed by atoms with Crippen LogP contribution in [0.15, 0.2) is 51.8 Å². The van der Waals surface area contributed by atoms with Crippen LogP contribution >= 0.6 is 0 Å². The Hall–Kier alpha value is -2.75. The minimum absolute atomic E-state index is 0.130. The van der Waals surface area contributed by atoms with Gasteiger partial charge in [0.2, 0.25) is 21.8 Å². The number of piperazine rings is 1. The first-order valence-corrected chi connectivity index (χ1v) is 11.2. The third kappa shape index (κ3) is 4.23. The van der Waals surface area contributed by atoms with Gasteiger partial charge in [-0.25, -0.2) is 13.4 Å². The number of aromatic nitrogens is 1. The molecule has 1 amide bonds. The third-order valence-electron chi connectivity index (χ3n) is 5.09. The Morgan fingerprint density at radius 2 is 1.87 bits per heavy atom. The smallest absolute Gasteiger partial charge is 0.245 e. The maximum absolute atomic E-state index is 13.2. The van der Waals surface area contributed by atoms with Gasteiger partial charge in [-0.3, -0.25) is 9.69 Å². The number of anilines is 1. The summed E-state index contributed by atoms with van der Waals surface area (Å²) in [6.45, 7) is 5.57. The fraction of sp³-hybridized carbons (Fsp3) is 0.333. The molecule has 0 radical (unpaired) electrons. The van der Waals surface area contributed by atoms with E-state index in [-0.39, 0.29) is 10.8 Å². The molecular weight excluding hydrogens is 404 g/mol. The van der Waals surface area contributed by atoms with Gasteiger partial charge in [-0.1, -0.05) is 18.2 Å². The van der Waals surface area contributed by atoms with Crippen molar-refractivity contribution < 1.29 is 17.6 Å². The van der Waals surface area contributed by atoms with Crippen LogP contribution in [0.4, 0.5) is 5.69 Å². The van der Waals surface area contributed by atoms with E-state index in [4.69, 9.17) is 4.42 Å². The number of benzene rings is 2. The van der Waals surface area contributed by atoms with E-state index in [9.17, 15) is 13.2 Å². The number of carbonyl (C=O) groups excluding carboxylic acids is 1. The summed E-state index contributed by atoms with van der Waals surface area (Å²) in [6, 6.07) is 12.6. The highest BCUT2D eigenvalue weighted by Gasteiger charge is 2.31. The van der Waals surface area contributed by atoms with Crippen LogP contribution in [-0.2, 0) is 21.4 Å². The molecule has 0 aliphatic carbocycles. The molecule has 1 saturated heterocycles. The fourth-order valence-electron chi connectivity index (χ4n) is 3.58. The van der Waals surface area contributed by atoms with Crippen LogP contribution in [-0.4, -0.2) is 54.7 Å². The number of aryl methyl sites for hydroxylation is 1. The molecule has 2 heterocycles. The first kappa shape index (κ1) is 20.5. The molecule has 1 fully saturated rings. The number of nitrogens with zero attached hydrogens (tertiary/aromatic N) is 3. The number of sulfonamides is 1. The lowest BCUT2D eigenvalue weighted by atomic mass is 10.2. The standard InChI is InChI=1S/C21H24N4O4S/c1-15-7-8-18(22-16(2)26)20(13-15)30(27,28)25-11-9-24(10-12-25)14-21-23-17-5-3-4-6-19(17)29-21/h3-8,13H,9-12,14H2,1-2H3,(H,22,26). The van der Waals surface area contributed by atoms with Gasteiger partial charge < -0.3 is 9.73 Å². The van der Waals surface area contributed by atoms with Gasteiger partial charge in [-0.2, -0.15) is 4.31 Å². The van der Waals surface area contributed by atoms with E-state index in [1.807, 2.05) is 31.2 Å². The van der Waals surface area contributed by atoms with Crippen molar-refractivity contribution >= 4 is 32.7 Å². The molecule has 1 aliphatic heterocycles. The number of oxazole rings is 1. The molecule has 8 nitrogen and oxygen atoms in total. The molecule has 9 heteroatoms. The lowest BCUT2D eigenvalue weighted by Crippen LogP contribution is -2.48. The summed E-state index contributed by atoms with van der Waals surface area (Å²) in [4.78, 5) is 18.2. The predicted molar refractivity (Wildman–Crippen MR) is 114 cm³/mol. The molecule has 1 N–H and O–H groups in total. The Bertz CT molecular complexity index is 1150. The molecular formula is C21H24N4O4S. The van der Waals surface area contributed by atoms with Crippen LogP contribution in [0.25, 0.3) is 11.1 Å². The number of nitrogens with one attached hydrogen (secondary N) is 1. The van der Waals surface area contributed by atoms with E-state index in [1.54, 1.807) is 18.2 Å². The van der Waals surface area contributed by atoms with Crippen molar-refractivity contribution in [3.8, 4) is 0 Å². The average molecular weight is 429 g/mol. The van der Waals surface area contributed by atoms with Gasteiger partial charge in [0, 0.05) is 33.1 Å². The molecule has 30 heavy (non-hydrogen) atoms. The van der Waals surface area contributed by atoms with Crippen LogP contribution in [0.5, 0.6) is 0 Å². The van der Waals surface area contributed by atoms with Gasteiger partial charge in [0.15, 0.2) is 5.58 Å². The van der Waals surface area contributed by atoms with E-state index < -0.39 is 10.0 Å². The number of fused-ring (bicyclic) bond motifs is 1. The molecule has 0 unspecified atom stereocenters. The quantitative estimate of drug-likeness (QED) is 0.671. The number of carbonyl (C=O) groups is 1. The second kappa shape index (κ2) is 8.17. The zero-order chi connectivity index (χ0) is 21.3. The second-order valence-electron chi connectivity index (χ2n) is 7.44. The Balaban J connectivity index is 1.46. The summed E-state index contributed by atoms with van der Waals surface area (Å²) in [5.74, 6) is 0.317. The highest BCUT2D eigenvalue weighted by Crippen LogP contribution is 2.27. The predicted octanol–water partition coefficient (Wildman–Crippen LogP) is 2.60. The lowest BCUT2D eigenvalue weighted by molar-refractivity contribution is -0.114. The van der Waals surface area contributed by atoms with Crippen LogP contribution in [0.2, 0.25) is 0 Å². The van der Waals surface area contributed by atoms with Crippen molar-refractivity contribution in [1.29, 1.82) is 0 Å². The van der Waals surface area contributed by atoms with Crippen LogP contribution in [0, 0.1) is 6.92 Å². The van der Waals surface area contributed by atoms with Gasteiger partial charge in [-0.15, -0.1) is 0 Å². The van der Waals surface area contributed by atoms with Gasteiger partial charge in [-0.05, 0) is 36.8 Å². The fourth-order valence-corrected chi connectivity index (χ4v) is 5.24. The van der Waals surface area contributed by atoms with Crippen molar-refractivity contribution in [2.45, 2.75) is 25.3 Å². The molecule has 0 atom stereocenters. The molecule has 2 aromatic carbocycles. The van der Waals surface area contributed by atoms with Gasteiger partial charge in [0.25, 0.3) is 0 Å². The number of hydrogen-bond acceptors (Lipinski definition) is 6. The van der Waals surface area contributed by atoms with Gasteiger partial charge >= 0.3 is 0 Å². The van der Waals surface area contributed by atoms with Crippen molar-refractivity contribution in [3.63, 3.8) is 0 Å². The molecule has 3 aromatic rings. The number of amides is 1. The van der Waals surface area contributed by atoms with Crippen molar-refractivity contribution in [2.75, 3.05) is 31.5 Å². The zero-order valence-corrected chi connectivity index (χ0v) is 17.8. The third-order valence-corrected chi connectivity index (χ3v) is 7.03. The topological polar surface area (TPSA) is 95.8 Å². The first-order chi connectivity index (χ1) is 14.3. The van der Waals surface area contributed by atoms with Crippen molar-refractivity contribution in [2.24, 2.45) is 0 Å². The van der Waals surface area contributed by atoms with Crippen LogP contribution < -0.4 is 5.32 Å². The molecule has 1 aromatic heterocycles. The summed E-state index contributed by atoms with van der Waals surface area (Å²) in [5.41, 5.74) is 2.69. The van der Waals surface area contributed by atoms with Crippen LogP contribution in [0.1, 0.15) is 18.4 Å². The highest BCUT2D eigenvalue weighted by atomic mass is 32.2. The molecule has 0 spiro atoms. The zero-order valence-electron chi connectivity index (χ0n) is 17.0. The summed E-state index contributed by atoms with van der Waals surface area (Å²) in [7, 11) is -3.72. The number of rotatable bonds is 5. The van der Waals surface area contributed by atoms with E-state index in [1.165, 1.54) is 11.2 Å². The molecule has 4 rings (SSSR count). The Labute approximate surface area is 175 Å². The summed E-state index contributed by atoms with van der Waals surface area (Å²) in [5, 5.41) is 2.62. The maximum atomic E-state index is 13.2. The van der Waals surface area contributed by atoms with Crippen LogP contribution in [0.3, 0.4) is 0 Å². The minimum Gasteiger partial charge on any atom is -0.439 e. The Morgan fingerprint density at radius 1 is 1.13 bits per heavy atom. The summed E-state index contributed by atoms with van der Waals surface area (Å²) >= 11 is 0. The molecule has 158 valence electrons. The molecule has 0 bridgehead atoms. The second-order valence-corrected chi connectivity index (χ2v) is 9.34. The molecule has 1 aliphatic rings. The SMILES string of the molecule is CC(=O)Nc1ccc(C)cc1S(=O)(=O)N1CCN(Cc2nc3ccccc3o2)CC1. The maximum Gasteiger partial charge on any atom is 0.245 e. The average Bonchev–Trinajstić information content (AvgIpc) is 3.11. The molecule has 0 saturated carbocycles. The monoisotopic (exact) mass is 428 g/mol. The highest BCUT2D eigenvalue weighted by molar-refractivity contribution is 7.89. The van der Waals surface area contributed by atoms with E-state index in [0.29, 0.717) is 44.3 Å². The lowest BCUT2D eigenvalue weighted by Gasteiger charge is -2.33. The van der Waals surface area contributed by atoms with Crippen molar-refractivity contribution in [3.05, 3.63) is 53.9 Å². The van der Waals surface area contributed by atoms with Gasteiger partial charge in [0.1, 0.15) is 10.4 Å². The first-order valence-electron chi connectivity index (χ1n) is 9.78. The normalized spacial score (nSPS) is 16.1. The Morgan fingerprint density at radius 3 is 2.57 bits per heavy atom. The number of para-hydroxylation sites is 2. The van der Waals surface area contributed by atoms with E-state index >= 15 is 0 Å². The Kier molecular flexibility index (Phi) is 5.59. The summed E-state index contributed by atoms with van der Waals surface area (Å²) < 4.78 is 33.7. The number of hydrogen-bond donors (Lipinski definition) is 1. The van der Waals surface area contributed by atoms with Gasteiger partial charge in [0.05, 0.1) is 12.2 Å². The van der Waals surface area contributed by atoms with E-state index in [2.05, 4.69) is 15.2 Å².